The van der Waals surface area contributed by atoms with Crippen LogP contribution in [0.1, 0.15) is 33.0 Å². The third-order valence-corrected chi connectivity index (χ3v) is 4.83. The maximum absolute atomic E-state index is 12.1. The van der Waals surface area contributed by atoms with E-state index in [4.69, 9.17) is 4.42 Å². The number of methoxy groups -OCH3 is 1. The molecule has 3 rings (SSSR count). The van der Waals surface area contributed by atoms with Crippen LogP contribution in [0.4, 0.5) is 5.69 Å². The zero-order valence-corrected chi connectivity index (χ0v) is 17.9. The molecule has 32 heavy (non-hydrogen) atoms. The lowest BCUT2D eigenvalue weighted by molar-refractivity contribution is -0.136. The smallest absolute Gasteiger partial charge is 0.343 e. The maximum Gasteiger partial charge on any atom is 0.343 e. The van der Waals surface area contributed by atoms with Gasteiger partial charge in [-0.2, -0.15) is 0 Å². The Kier molecular flexibility index (Phi) is 6.48. The van der Waals surface area contributed by atoms with Crippen LogP contribution in [0.2, 0.25) is 0 Å². The Bertz CT molecular complexity index is 1300. The van der Waals surface area contributed by atoms with E-state index in [0.29, 0.717) is 17.2 Å². The summed E-state index contributed by atoms with van der Waals surface area (Å²) in [6.07, 6.45) is 1.47. The van der Waals surface area contributed by atoms with E-state index >= 15 is 0 Å². The minimum Gasteiger partial charge on any atom is -0.505 e. The summed E-state index contributed by atoms with van der Waals surface area (Å²) < 4.78 is 10.2. The van der Waals surface area contributed by atoms with Gasteiger partial charge >= 0.3 is 17.8 Å². The van der Waals surface area contributed by atoms with E-state index in [0.717, 1.165) is 11.1 Å². The normalized spacial score (nSPS) is 11.3. The number of hydrogen-bond donors (Lipinski definition) is 4. The average molecular weight is 437 g/mol. The number of hydrogen-bond acceptors (Lipinski definition) is 6. The van der Waals surface area contributed by atoms with Crippen molar-refractivity contribution in [3.05, 3.63) is 69.2 Å². The molecule has 166 valence electrons. The van der Waals surface area contributed by atoms with Gasteiger partial charge < -0.3 is 29.9 Å². The Balaban J connectivity index is 1.64. The molecule has 9 heteroatoms. The van der Waals surface area contributed by atoms with Crippen molar-refractivity contribution in [1.82, 2.24) is 10.3 Å². The second-order valence-electron chi connectivity index (χ2n) is 7.12. The molecule has 2 aromatic heterocycles. The maximum atomic E-state index is 12.1. The number of carbonyl (C=O) groups is 3. The number of rotatable bonds is 5. The highest BCUT2D eigenvalue weighted by atomic mass is 16.5. The largest absolute Gasteiger partial charge is 0.505 e. The number of carbonyl (C=O) groups excluding carboxylic acids is 3. The van der Waals surface area contributed by atoms with E-state index in [9.17, 15) is 19.5 Å². The molecular weight excluding hydrogens is 414 g/mol. The Morgan fingerprint density at radius 3 is 2.59 bits per heavy atom. The zero-order valence-electron chi connectivity index (χ0n) is 17.9. The zero-order chi connectivity index (χ0) is 23.4. The predicted molar refractivity (Wildman–Crippen MR) is 117 cm³/mol. The first-order valence-corrected chi connectivity index (χ1v) is 9.64. The molecule has 0 aliphatic heterocycles. The van der Waals surface area contributed by atoms with Crippen LogP contribution in [0.25, 0.3) is 12.7 Å². The molecule has 9 nitrogen and oxygen atoms in total. The van der Waals surface area contributed by atoms with E-state index < -0.39 is 17.8 Å². The first kappa shape index (κ1) is 22.4. The number of benzene rings is 1. The lowest BCUT2D eigenvalue weighted by atomic mass is 10.1. The molecular formula is C23H23N3O6. The quantitative estimate of drug-likeness (QED) is 0.350. The number of H-pyrrole nitrogens is 1. The van der Waals surface area contributed by atoms with Crippen LogP contribution in [0.5, 0.6) is 5.75 Å². The van der Waals surface area contributed by atoms with Gasteiger partial charge in [-0.25, -0.2) is 4.79 Å². The minimum atomic E-state index is -0.809. The van der Waals surface area contributed by atoms with Gasteiger partial charge in [-0.1, -0.05) is 12.6 Å². The summed E-state index contributed by atoms with van der Waals surface area (Å²) in [7, 11) is 1.20. The molecule has 0 fully saturated rings. The first-order valence-electron chi connectivity index (χ1n) is 9.64. The highest BCUT2D eigenvalue weighted by Gasteiger charge is 2.17. The summed E-state index contributed by atoms with van der Waals surface area (Å²) >= 11 is 0. The minimum absolute atomic E-state index is 0.0161. The van der Waals surface area contributed by atoms with Crippen molar-refractivity contribution in [3.63, 3.8) is 0 Å². The number of aromatic amines is 1. The topological polar surface area (TPSA) is 134 Å². The molecule has 0 aliphatic rings. The molecule has 1 aromatic carbocycles. The fourth-order valence-corrected chi connectivity index (χ4v) is 2.95. The molecule has 0 saturated heterocycles. The second-order valence-corrected chi connectivity index (χ2v) is 7.12. The Morgan fingerprint density at radius 2 is 1.91 bits per heavy atom. The molecule has 0 atom stereocenters. The van der Waals surface area contributed by atoms with Gasteiger partial charge in [-0.05, 0) is 49.2 Å². The third kappa shape index (κ3) is 4.89. The van der Waals surface area contributed by atoms with Crippen LogP contribution in [0.3, 0.4) is 0 Å². The van der Waals surface area contributed by atoms with Gasteiger partial charge in [0.15, 0.2) is 5.75 Å². The molecule has 0 aliphatic carbocycles. The summed E-state index contributed by atoms with van der Waals surface area (Å²) in [6.45, 7) is 7.52. The predicted octanol–water partition coefficient (Wildman–Crippen LogP) is 1.21. The molecule has 0 saturated carbocycles. The standard InChI is InChI=1S/C23H23N3O6/c1-12-5-6-15(9-13(12)2)26-22(29)21(28)24-11-17-8-7-16(32-17)10-18-20(27)19(14(3)25-18)23(30)31-4/h5-10,25,27H,3,11H2,1-2,4H3,(H,24,28)(H,26,29). The van der Waals surface area contributed by atoms with Gasteiger partial charge in [0.2, 0.25) is 0 Å². The van der Waals surface area contributed by atoms with Crippen LogP contribution < -0.4 is 21.3 Å². The molecule has 0 bridgehead atoms. The van der Waals surface area contributed by atoms with Crippen LogP contribution in [0.15, 0.2) is 34.7 Å². The fraction of sp³-hybridized carbons (Fsp3) is 0.174. The summed E-state index contributed by atoms with van der Waals surface area (Å²) in [5, 5.41) is 15.7. The number of amides is 2. The molecule has 2 heterocycles. The number of esters is 1. The molecule has 0 radical (unpaired) electrons. The number of aromatic nitrogens is 1. The van der Waals surface area contributed by atoms with Crippen molar-refractivity contribution in [2.24, 2.45) is 0 Å². The SMILES string of the molecule is C=c1[nH]c(=Cc2ccc(CNC(=O)C(=O)Nc3ccc(C)c(C)c3)o2)c(O)c1C(=O)OC. The van der Waals surface area contributed by atoms with Crippen LogP contribution in [-0.2, 0) is 20.9 Å². The summed E-state index contributed by atoms with van der Waals surface area (Å²) in [5.74, 6) is -1.89. The number of anilines is 1. The van der Waals surface area contributed by atoms with Gasteiger partial charge in [-0.3, -0.25) is 9.59 Å². The van der Waals surface area contributed by atoms with Crippen molar-refractivity contribution in [3.8, 4) is 5.75 Å². The van der Waals surface area contributed by atoms with E-state index in [1.807, 2.05) is 19.9 Å². The van der Waals surface area contributed by atoms with Crippen LogP contribution in [-0.4, -0.2) is 35.0 Å². The number of aryl methyl sites for hydroxylation is 2. The van der Waals surface area contributed by atoms with Crippen LogP contribution in [0, 0.1) is 13.8 Å². The molecule has 3 aromatic rings. The molecule has 0 spiro atoms. The number of ether oxygens (including phenoxy) is 1. The first-order chi connectivity index (χ1) is 15.2. The lowest BCUT2D eigenvalue weighted by Crippen LogP contribution is -2.34. The van der Waals surface area contributed by atoms with Crippen molar-refractivity contribution >= 4 is 36.1 Å². The van der Waals surface area contributed by atoms with E-state index in [1.165, 1.54) is 13.2 Å². The Hall–Kier alpha value is -4.27. The monoisotopic (exact) mass is 437 g/mol. The van der Waals surface area contributed by atoms with Crippen LogP contribution >= 0.6 is 0 Å². The summed E-state index contributed by atoms with van der Waals surface area (Å²) in [4.78, 5) is 38.7. The van der Waals surface area contributed by atoms with Gasteiger partial charge in [0.05, 0.1) is 19.0 Å². The van der Waals surface area contributed by atoms with E-state index in [-0.39, 0.29) is 28.6 Å². The van der Waals surface area contributed by atoms with Gasteiger partial charge in [0.25, 0.3) is 0 Å². The third-order valence-electron chi connectivity index (χ3n) is 4.83. The van der Waals surface area contributed by atoms with Gasteiger partial charge in [-0.15, -0.1) is 0 Å². The summed E-state index contributed by atoms with van der Waals surface area (Å²) in [6, 6.07) is 8.59. The number of aromatic hydroxyl groups is 1. The fourth-order valence-electron chi connectivity index (χ4n) is 2.95. The van der Waals surface area contributed by atoms with E-state index in [1.54, 1.807) is 24.3 Å². The van der Waals surface area contributed by atoms with Gasteiger partial charge in [0.1, 0.15) is 17.1 Å². The Morgan fingerprint density at radius 1 is 1.16 bits per heavy atom. The van der Waals surface area contributed by atoms with E-state index in [2.05, 4.69) is 26.9 Å². The van der Waals surface area contributed by atoms with Crippen molar-refractivity contribution < 1.29 is 28.6 Å². The van der Waals surface area contributed by atoms with Crippen molar-refractivity contribution in [1.29, 1.82) is 0 Å². The summed E-state index contributed by atoms with van der Waals surface area (Å²) in [5.41, 5.74) is 2.55. The second kappa shape index (κ2) is 9.25. The number of nitrogens with one attached hydrogen (secondary N) is 3. The Labute approximate surface area is 183 Å². The average Bonchev–Trinajstić information content (AvgIpc) is 3.32. The van der Waals surface area contributed by atoms with Crippen molar-refractivity contribution in [2.45, 2.75) is 20.4 Å². The van der Waals surface area contributed by atoms with Crippen molar-refractivity contribution in [2.75, 3.05) is 12.4 Å². The molecule has 0 unspecified atom stereocenters. The number of furan rings is 1. The lowest BCUT2D eigenvalue weighted by Gasteiger charge is -2.07. The molecule has 2 amide bonds. The molecule has 4 N–H and O–H groups in total. The van der Waals surface area contributed by atoms with Gasteiger partial charge in [0, 0.05) is 17.1 Å². The highest BCUT2D eigenvalue weighted by Crippen LogP contribution is 2.14. The highest BCUT2D eigenvalue weighted by molar-refractivity contribution is 6.39.